The van der Waals surface area contributed by atoms with E-state index in [-0.39, 0.29) is 34.8 Å². The van der Waals surface area contributed by atoms with Gasteiger partial charge in [-0.15, -0.1) is 11.3 Å². The summed E-state index contributed by atoms with van der Waals surface area (Å²) in [6.45, 7) is 4.68. The van der Waals surface area contributed by atoms with Crippen molar-refractivity contribution < 1.29 is 14.1 Å². The van der Waals surface area contributed by atoms with Gasteiger partial charge < -0.3 is 19.6 Å². The average Bonchev–Trinajstić information content (AvgIpc) is 3.45. The summed E-state index contributed by atoms with van der Waals surface area (Å²) in [5, 5.41) is 6.03. The van der Waals surface area contributed by atoms with Gasteiger partial charge in [0.2, 0.25) is 0 Å². The Morgan fingerprint density at radius 3 is 2.86 bits per heavy atom. The number of nitrogens with one attached hydrogen (secondary N) is 2. The zero-order valence-corrected chi connectivity index (χ0v) is 21.4. The summed E-state index contributed by atoms with van der Waals surface area (Å²) in [6.07, 6.45) is 3.07. The van der Waals surface area contributed by atoms with Crippen molar-refractivity contribution in [1.82, 2.24) is 24.9 Å². The fourth-order valence-corrected chi connectivity index (χ4v) is 5.62. The maximum atomic E-state index is 13.3. The number of H-pyrrole nitrogens is 1. The Hall–Kier alpha value is -3.57. The van der Waals surface area contributed by atoms with Crippen molar-refractivity contribution in [2.75, 3.05) is 26.0 Å². The van der Waals surface area contributed by atoms with Crippen LogP contribution in [0.5, 0.6) is 0 Å². The van der Waals surface area contributed by atoms with E-state index >= 15 is 0 Å². The number of likely N-dealkylation sites (tertiary alicyclic amines) is 1. The zero-order chi connectivity index (χ0) is 25.6. The number of amides is 2. The molecule has 1 aliphatic heterocycles. The van der Waals surface area contributed by atoms with Crippen LogP contribution in [0.3, 0.4) is 0 Å². The fourth-order valence-electron chi connectivity index (χ4n) is 4.52. The third kappa shape index (κ3) is 4.51. The summed E-state index contributed by atoms with van der Waals surface area (Å²) >= 11 is 1.67. The number of pyridine rings is 1. The molecule has 1 saturated heterocycles. The second-order valence-electron chi connectivity index (χ2n) is 9.64. The van der Waals surface area contributed by atoms with Crippen LogP contribution in [0, 0.1) is 5.92 Å². The number of fused-ring (bicyclic) bond motifs is 2. The topological polar surface area (TPSA) is 124 Å². The van der Waals surface area contributed by atoms with Gasteiger partial charge in [-0.25, -0.2) is 9.97 Å². The normalized spacial score (nSPS) is 19.2. The molecular formula is C25H28N6O4S. The number of aromatic amines is 1. The number of aromatic nitrogens is 3. The van der Waals surface area contributed by atoms with E-state index in [2.05, 4.69) is 40.3 Å². The molecule has 10 nitrogen and oxygen atoms in total. The van der Waals surface area contributed by atoms with Crippen LogP contribution in [-0.4, -0.2) is 57.4 Å². The third-order valence-electron chi connectivity index (χ3n) is 6.81. The van der Waals surface area contributed by atoms with E-state index in [0.717, 1.165) is 33.6 Å². The summed E-state index contributed by atoms with van der Waals surface area (Å²) in [6, 6.07) is 7.55. The summed E-state index contributed by atoms with van der Waals surface area (Å²) in [5.74, 6) is -1.11. The predicted octanol–water partition coefficient (Wildman–Crippen LogP) is 3.69. The van der Waals surface area contributed by atoms with Crippen molar-refractivity contribution in [3.05, 3.63) is 51.4 Å². The molecule has 36 heavy (non-hydrogen) atoms. The molecule has 4 heterocycles. The van der Waals surface area contributed by atoms with Crippen molar-refractivity contribution in [3.8, 4) is 0 Å². The molecule has 11 heteroatoms. The third-order valence-corrected chi connectivity index (χ3v) is 8.02. The first kappa shape index (κ1) is 24.1. The largest absolute Gasteiger partial charge is 0.358 e. The average molecular weight is 509 g/mol. The van der Waals surface area contributed by atoms with Gasteiger partial charge in [-0.05, 0) is 63.5 Å². The molecule has 3 aromatic heterocycles. The van der Waals surface area contributed by atoms with E-state index in [0.29, 0.717) is 6.54 Å². The number of piperidine rings is 1. The highest BCUT2D eigenvalue weighted by molar-refractivity contribution is 7.18. The Morgan fingerprint density at radius 2 is 2.08 bits per heavy atom. The van der Waals surface area contributed by atoms with Crippen molar-refractivity contribution in [2.24, 2.45) is 5.92 Å². The van der Waals surface area contributed by atoms with E-state index in [1.54, 1.807) is 16.2 Å². The molecule has 2 N–H and O–H groups in total. The van der Waals surface area contributed by atoms with E-state index in [4.69, 9.17) is 9.51 Å². The number of anilines is 1. The number of thiazole rings is 1. The maximum Gasteiger partial charge on any atom is 0.313 e. The lowest BCUT2D eigenvalue weighted by Gasteiger charge is -2.38. The first-order valence-corrected chi connectivity index (χ1v) is 12.7. The van der Waals surface area contributed by atoms with Gasteiger partial charge in [0.15, 0.2) is 0 Å². The van der Waals surface area contributed by atoms with Gasteiger partial charge >= 0.3 is 11.8 Å². The van der Waals surface area contributed by atoms with Crippen LogP contribution in [0.25, 0.3) is 21.3 Å². The molecule has 0 spiro atoms. The van der Waals surface area contributed by atoms with Crippen molar-refractivity contribution in [3.63, 3.8) is 0 Å². The Labute approximate surface area is 211 Å². The first-order valence-electron chi connectivity index (χ1n) is 11.9. The number of carbonyl (C=O) groups excluding carboxylic acids is 2. The van der Waals surface area contributed by atoms with E-state index < -0.39 is 17.4 Å². The molecule has 1 fully saturated rings. The van der Waals surface area contributed by atoms with E-state index in [1.165, 1.54) is 12.3 Å². The highest BCUT2D eigenvalue weighted by atomic mass is 32.1. The van der Waals surface area contributed by atoms with Gasteiger partial charge in [0.25, 0.3) is 11.3 Å². The quantitative estimate of drug-likeness (QED) is 0.403. The lowest BCUT2D eigenvalue weighted by Crippen LogP contribution is -2.46. The molecule has 5 rings (SSSR count). The minimum Gasteiger partial charge on any atom is -0.358 e. The monoisotopic (exact) mass is 508 g/mol. The fraction of sp³-hybridized carbons (Fsp3) is 0.400. The molecule has 0 aliphatic carbocycles. The molecule has 4 aromatic rings. The standard InChI is InChI=1S/C25H28N6O4S/c1-13-5-7-19(15-6-8-20-18(9-15)28-24(36-20)14(2)30(3)4)31(12-13)25(34)22(33)27-16-10-17-21(32)29-35-23(17)26-11-16/h6,8-11,13-14,19H,5,7,12H2,1-4H3,(H,27,33)(H,29,32)/t13-,14?,19+/m0/s1. The zero-order valence-electron chi connectivity index (χ0n) is 20.6. The molecule has 1 unspecified atom stereocenters. The number of carbonyl (C=O) groups is 2. The first-order chi connectivity index (χ1) is 17.2. The number of rotatable bonds is 4. The van der Waals surface area contributed by atoms with Crippen LogP contribution in [-0.2, 0) is 9.59 Å². The predicted molar refractivity (Wildman–Crippen MR) is 138 cm³/mol. The highest BCUT2D eigenvalue weighted by Crippen LogP contribution is 2.36. The van der Waals surface area contributed by atoms with Gasteiger partial charge in [0.1, 0.15) is 10.4 Å². The van der Waals surface area contributed by atoms with Gasteiger partial charge in [0.05, 0.1) is 34.2 Å². The molecule has 1 aliphatic rings. The van der Waals surface area contributed by atoms with Crippen LogP contribution < -0.4 is 10.9 Å². The lowest BCUT2D eigenvalue weighted by molar-refractivity contribution is -0.146. The Bertz CT molecular complexity index is 1510. The smallest absolute Gasteiger partial charge is 0.313 e. The SMILES string of the molecule is CC(c1nc2cc([C@H]3CC[C@H](C)CN3C(=O)C(=O)Nc3cnc4o[nH]c(=O)c4c3)ccc2s1)N(C)C. The van der Waals surface area contributed by atoms with Crippen LogP contribution in [0.2, 0.25) is 0 Å². The van der Waals surface area contributed by atoms with Gasteiger partial charge in [-0.2, -0.15) is 5.16 Å². The highest BCUT2D eigenvalue weighted by Gasteiger charge is 2.34. The summed E-state index contributed by atoms with van der Waals surface area (Å²) in [5.41, 5.74) is 1.81. The Kier molecular flexibility index (Phi) is 6.35. The second kappa shape index (κ2) is 9.47. The molecule has 0 bridgehead atoms. The van der Waals surface area contributed by atoms with Crippen molar-refractivity contribution >= 4 is 50.2 Å². The van der Waals surface area contributed by atoms with Crippen LogP contribution in [0.1, 0.15) is 49.3 Å². The molecule has 2 amide bonds. The van der Waals surface area contributed by atoms with Crippen molar-refractivity contribution in [2.45, 2.75) is 38.8 Å². The number of hydrogen-bond acceptors (Lipinski definition) is 8. The number of nitrogens with zero attached hydrogens (tertiary/aromatic N) is 4. The van der Waals surface area contributed by atoms with E-state index in [1.807, 2.05) is 26.2 Å². The number of hydrogen-bond donors (Lipinski definition) is 2. The van der Waals surface area contributed by atoms with Gasteiger partial charge in [-0.1, -0.05) is 13.0 Å². The van der Waals surface area contributed by atoms with Crippen LogP contribution >= 0.6 is 11.3 Å². The van der Waals surface area contributed by atoms with Crippen molar-refractivity contribution in [1.29, 1.82) is 0 Å². The summed E-state index contributed by atoms with van der Waals surface area (Å²) < 4.78 is 6.04. The molecule has 188 valence electrons. The molecule has 1 aromatic carbocycles. The minimum absolute atomic E-state index is 0.134. The van der Waals surface area contributed by atoms with Gasteiger partial charge in [-0.3, -0.25) is 14.4 Å². The second-order valence-corrected chi connectivity index (χ2v) is 10.7. The molecule has 0 saturated carbocycles. The summed E-state index contributed by atoms with van der Waals surface area (Å²) in [4.78, 5) is 50.7. The van der Waals surface area contributed by atoms with Crippen LogP contribution in [0.4, 0.5) is 5.69 Å². The lowest BCUT2D eigenvalue weighted by atomic mass is 9.89. The van der Waals surface area contributed by atoms with E-state index in [9.17, 15) is 14.4 Å². The molecule has 0 radical (unpaired) electrons. The Balaban J connectivity index is 1.39. The molecular weight excluding hydrogens is 480 g/mol. The molecule has 3 atom stereocenters. The van der Waals surface area contributed by atoms with Crippen LogP contribution in [0.15, 0.2) is 39.8 Å². The van der Waals surface area contributed by atoms with Gasteiger partial charge in [0, 0.05) is 6.54 Å². The Morgan fingerprint density at radius 1 is 1.28 bits per heavy atom. The summed E-state index contributed by atoms with van der Waals surface area (Å²) in [7, 11) is 4.06. The number of benzene rings is 1. The maximum absolute atomic E-state index is 13.3. The minimum atomic E-state index is -0.771.